The predicted octanol–water partition coefficient (Wildman–Crippen LogP) is 1.88. The Labute approximate surface area is 191 Å². The molecule has 0 radical (unpaired) electrons. The summed E-state index contributed by atoms with van der Waals surface area (Å²) in [4.78, 5) is 30.7. The maximum atomic E-state index is 13.7. The highest BCUT2D eigenvalue weighted by molar-refractivity contribution is 5.94. The maximum Gasteiger partial charge on any atom is 0.251 e. The zero-order valence-electron chi connectivity index (χ0n) is 19.6. The van der Waals surface area contributed by atoms with Gasteiger partial charge in [0.15, 0.2) is 0 Å². The van der Waals surface area contributed by atoms with Crippen molar-refractivity contribution in [2.75, 3.05) is 53.0 Å². The van der Waals surface area contributed by atoms with Crippen LogP contribution >= 0.6 is 0 Å². The standard InChI is InChI=1S/C25H38N4O3/c1-3-28-10-8-21-16-22(29-11-13-32-14-12-29)7-9-25(21,18-28)24(31)27-17-19-5-4-6-20(15-19)23(30)26-2/h4-6,15,21-22H,3,7-14,16-18H2,1-2H3,(H,26,30)(H,27,31)/t21-,22+,25-/m1/s1. The highest BCUT2D eigenvalue weighted by Gasteiger charge is 2.52. The van der Waals surface area contributed by atoms with E-state index >= 15 is 0 Å². The van der Waals surface area contributed by atoms with E-state index in [1.54, 1.807) is 13.1 Å². The first-order valence-corrected chi connectivity index (χ1v) is 12.2. The van der Waals surface area contributed by atoms with E-state index in [4.69, 9.17) is 4.74 Å². The van der Waals surface area contributed by atoms with Gasteiger partial charge in [-0.25, -0.2) is 0 Å². The van der Waals surface area contributed by atoms with Crippen LogP contribution in [0.3, 0.4) is 0 Å². The van der Waals surface area contributed by atoms with Gasteiger partial charge >= 0.3 is 0 Å². The van der Waals surface area contributed by atoms with Gasteiger partial charge in [0.1, 0.15) is 0 Å². The number of hydrogen-bond acceptors (Lipinski definition) is 5. The second kappa shape index (κ2) is 10.3. The zero-order valence-corrected chi connectivity index (χ0v) is 19.6. The third-order valence-corrected chi connectivity index (χ3v) is 7.89. The van der Waals surface area contributed by atoms with Crippen molar-refractivity contribution in [3.63, 3.8) is 0 Å². The number of ether oxygens (including phenoxy) is 1. The molecule has 3 fully saturated rings. The molecule has 0 aromatic heterocycles. The van der Waals surface area contributed by atoms with Gasteiger partial charge < -0.3 is 20.3 Å². The normalized spacial score (nSPS) is 29.2. The van der Waals surface area contributed by atoms with E-state index in [9.17, 15) is 9.59 Å². The molecule has 2 N–H and O–H groups in total. The van der Waals surface area contributed by atoms with E-state index in [0.717, 1.165) is 77.2 Å². The number of amides is 2. The molecule has 3 aliphatic rings. The van der Waals surface area contributed by atoms with Gasteiger partial charge in [0.05, 0.1) is 18.6 Å². The van der Waals surface area contributed by atoms with Crippen LogP contribution in [0.1, 0.15) is 48.5 Å². The van der Waals surface area contributed by atoms with Crippen molar-refractivity contribution >= 4 is 11.8 Å². The van der Waals surface area contributed by atoms with Crippen LogP contribution in [0, 0.1) is 11.3 Å². The van der Waals surface area contributed by atoms with Gasteiger partial charge in [-0.3, -0.25) is 14.5 Å². The van der Waals surface area contributed by atoms with E-state index in [1.165, 1.54) is 0 Å². The molecule has 7 heteroatoms. The summed E-state index contributed by atoms with van der Waals surface area (Å²) in [5.74, 6) is 0.500. The predicted molar refractivity (Wildman–Crippen MR) is 124 cm³/mol. The number of carbonyl (C=O) groups excluding carboxylic acids is 2. The third kappa shape index (κ3) is 4.85. The molecule has 4 rings (SSSR count). The number of likely N-dealkylation sites (tertiary alicyclic amines) is 1. The summed E-state index contributed by atoms with van der Waals surface area (Å²) in [6.45, 7) is 9.25. The van der Waals surface area contributed by atoms with Crippen molar-refractivity contribution in [1.82, 2.24) is 20.4 Å². The van der Waals surface area contributed by atoms with E-state index in [2.05, 4.69) is 27.4 Å². The lowest BCUT2D eigenvalue weighted by Gasteiger charge is -2.53. The SMILES string of the molecule is CCN1CC[C@@H]2C[C@@H](N3CCOCC3)CC[C@@]2(C(=O)NCc2cccc(C(=O)NC)c2)C1. The lowest BCUT2D eigenvalue weighted by molar-refractivity contribution is -0.145. The number of nitrogens with one attached hydrogen (secondary N) is 2. The molecule has 2 heterocycles. The minimum Gasteiger partial charge on any atom is -0.379 e. The Morgan fingerprint density at radius 3 is 2.75 bits per heavy atom. The van der Waals surface area contributed by atoms with Gasteiger partial charge in [0.25, 0.3) is 5.91 Å². The van der Waals surface area contributed by atoms with Crippen LogP contribution in [-0.2, 0) is 16.1 Å². The topological polar surface area (TPSA) is 73.9 Å². The molecule has 1 aromatic carbocycles. The summed E-state index contributed by atoms with van der Waals surface area (Å²) < 4.78 is 5.55. The Balaban J connectivity index is 1.46. The first-order chi connectivity index (χ1) is 15.6. The summed E-state index contributed by atoms with van der Waals surface area (Å²) in [5.41, 5.74) is 1.27. The van der Waals surface area contributed by atoms with E-state index in [1.807, 2.05) is 18.2 Å². The highest BCUT2D eigenvalue weighted by atomic mass is 16.5. The zero-order chi connectivity index (χ0) is 22.6. The van der Waals surface area contributed by atoms with Gasteiger partial charge in [0.2, 0.25) is 5.91 Å². The van der Waals surface area contributed by atoms with Crippen LogP contribution < -0.4 is 10.6 Å². The average Bonchev–Trinajstić information content (AvgIpc) is 2.86. The third-order valence-electron chi connectivity index (χ3n) is 7.89. The Hall–Kier alpha value is -1.96. The van der Waals surface area contributed by atoms with Crippen LogP contribution in [0.4, 0.5) is 0 Å². The molecule has 32 heavy (non-hydrogen) atoms. The monoisotopic (exact) mass is 442 g/mol. The Bertz CT molecular complexity index is 810. The highest BCUT2D eigenvalue weighted by Crippen LogP contribution is 2.47. The molecule has 0 spiro atoms. The van der Waals surface area contributed by atoms with Gasteiger partial charge in [-0.1, -0.05) is 19.1 Å². The molecule has 1 aromatic rings. The Morgan fingerprint density at radius 1 is 1.19 bits per heavy atom. The summed E-state index contributed by atoms with van der Waals surface area (Å²) in [6.07, 6.45) is 4.22. The fourth-order valence-electron chi connectivity index (χ4n) is 5.96. The summed E-state index contributed by atoms with van der Waals surface area (Å²) in [7, 11) is 1.63. The number of carbonyl (C=O) groups is 2. The van der Waals surface area contributed by atoms with E-state index < -0.39 is 0 Å². The number of piperidine rings is 1. The molecule has 1 saturated carbocycles. The second-order valence-corrected chi connectivity index (χ2v) is 9.55. The molecule has 1 aliphatic carbocycles. The van der Waals surface area contributed by atoms with Crippen molar-refractivity contribution in [2.45, 2.75) is 45.2 Å². The molecule has 2 saturated heterocycles. The van der Waals surface area contributed by atoms with Gasteiger partial charge in [0, 0.05) is 44.8 Å². The van der Waals surface area contributed by atoms with Gasteiger partial charge in [-0.2, -0.15) is 0 Å². The summed E-state index contributed by atoms with van der Waals surface area (Å²) in [5, 5.41) is 5.91. The number of rotatable bonds is 6. The minimum absolute atomic E-state index is 0.107. The first kappa shape index (κ1) is 23.2. The van der Waals surface area contributed by atoms with E-state index in [0.29, 0.717) is 24.1 Å². The smallest absolute Gasteiger partial charge is 0.251 e. The molecule has 2 aliphatic heterocycles. The summed E-state index contributed by atoms with van der Waals surface area (Å²) in [6, 6.07) is 8.08. The van der Waals surface area contributed by atoms with Gasteiger partial charge in [-0.05, 0) is 62.4 Å². The Morgan fingerprint density at radius 2 is 2.00 bits per heavy atom. The first-order valence-electron chi connectivity index (χ1n) is 12.2. The van der Waals surface area contributed by atoms with Crippen LogP contribution in [0.5, 0.6) is 0 Å². The fraction of sp³-hybridized carbons (Fsp3) is 0.680. The molecule has 176 valence electrons. The number of hydrogen-bond donors (Lipinski definition) is 2. The van der Waals surface area contributed by atoms with Gasteiger partial charge in [-0.15, -0.1) is 0 Å². The minimum atomic E-state index is -0.310. The number of morpholine rings is 1. The Kier molecular flexibility index (Phi) is 7.48. The summed E-state index contributed by atoms with van der Waals surface area (Å²) >= 11 is 0. The number of fused-ring (bicyclic) bond motifs is 1. The van der Waals surface area contributed by atoms with Crippen molar-refractivity contribution in [3.05, 3.63) is 35.4 Å². The number of benzene rings is 1. The molecule has 7 nitrogen and oxygen atoms in total. The quantitative estimate of drug-likeness (QED) is 0.704. The van der Waals surface area contributed by atoms with Crippen molar-refractivity contribution in [2.24, 2.45) is 11.3 Å². The van der Waals surface area contributed by atoms with Crippen molar-refractivity contribution in [3.8, 4) is 0 Å². The molecule has 0 bridgehead atoms. The average molecular weight is 443 g/mol. The lowest BCUT2D eigenvalue weighted by Crippen LogP contribution is -2.60. The molecule has 0 unspecified atom stereocenters. The maximum absolute atomic E-state index is 13.7. The lowest BCUT2D eigenvalue weighted by atomic mass is 9.61. The molecule has 2 amide bonds. The van der Waals surface area contributed by atoms with Crippen LogP contribution in [0.15, 0.2) is 24.3 Å². The van der Waals surface area contributed by atoms with Crippen LogP contribution in [0.2, 0.25) is 0 Å². The molecular formula is C25H38N4O3. The molecular weight excluding hydrogens is 404 g/mol. The van der Waals surface area contributed by atoms with Crippen LogP contribution in [-0.4, -0.2) is 80.6 Å². The largest absolute Gasteiger partial charge is 0.379 e. The van der Waals surface area contributed by atoms with Crippen molar-refractivity contribution in [1.29, 1.82) is 0 Å². The van der Waals surface area contributed by atoms with Crippen LogP contribution in [0.25, 0.3) is 0 Å². The van der Waals surface area contributed by atoms with E-state index in [-0.39, 0.29) is 17.2 Å². The molecule has 3 atom stereocenters. The fourth-order valence-corrected chi connectivity index (χ4v) is 5.96. The second-order valence-electron chi connectivity index (χ2n) is 9.55. The number of nitrogens with zero attached hydrogens (tertiary/aromatic N) is 2. The van der Waals surface area contributed by atoms with Crippen molar-refractivity contribution < 1.29 is 14.3 Å².